The van der Waals surface area contributed by atoms with Gasteiger partial charge in [-0.3, -0.25) is 0 Å². The second-order valence-corrected chi connectivity index (χ2v) is 6.86. The first kappa shape index (κ1) is 14.6. The summed E-state index contributed by atoms with van der Waals surface area (Å²) in [6, 6.07) is 1.38. The molecule has 2 fully saturated rings. The minimum Gasteiger partial charge on any atom is -0.444 e. The summed E-state index contributed by atoms with van der Waals surface area (Å²) in [5.74, 6) is 0. The average Bonchev–Trinajstić information content (AvgIpc) is 2.22. The van der Waals surface area contributed by atoms with Crippen molar-refractivity contribution in [2.45, 2.75) is 70.2 Å². The van der Waals surface area contributed by atoms with Crippen LogP contribution in [0.5, 0.6) is 0 Å². The van der Waals surface area contributed by atoms with Crippen LogP contribution < -0.4 is 11.1 Å². The maximum atomic E-state index is 11.8. The summed E-state index contributed by atoms with van der Waals surface area (Å²) in [6.45, 7) is 7.21. The van der Waals surface area contributed by atoms with Crippen LogP contribution in [-0.2, 0) is 4.74 Å². The molecule has 0 aromatic rings. The second-order valence-electron chi connectivity index (χ2n) is 6.86. The van der Waals surface area contributed by atoms with E-state index >= 15 is 0 Å². The van der Waals surface area contributed by atoms with Crippen molar-refractivity contribution in [3.8, 4) is 0 Å². The highest BCUT2D eigenvalue weighted by atomic mass is 16.6. The van der Waals surface area contributed by atoms with E-state index in [1.54, 1.807) is 4.90 Å². The normalized spacial score (nSPS) is 28.9. The van der Waals surface area contributed by atoms with Gasteiger partial charge in [0.25, 0.3) is 0 Å². The quantitative estimate of drug-likeness (QED) is 0.796. The molecule has 5 nitrogen and oxygen atoms in total. The third kappa shape index (κ3) is 4.35. The fraction of sp³-hybridized carbons (Fsp3) is 0.929. The van der Waals surface area contributed by atoms with Crippen LogP contribution in [0.2, 0.25) is 0 Å². The summed E-state index contributed by atoms with van der Waals surface area (Å²) in [4.78, 5) is 13.5. The van der Waals surface area contributed by atoms with Crippen molar-refractivity contribution in [1.82, 2.24) is 10.2 Å². The van der Waals surface area contributed by atoms with Crippen molar-refractivity contribution in [2.24, 2.45) is 5.73 Å². The highest BCUT2D eigenvalue weighted by Crippen LogP contribution is 2.20. The lowest BCUT2D eigenvalue weighted by Crippen LogP contribution is -2.62. The molecular weight excluding hydrogens is 242 g/mol. The summed E-state index contributed by atoms with van der Waals surface area (Å²) in [7, 11) is 0. The Balaban J connectivity index is 1.65. The fourth-order valence-corrected chi connectivity index (χ4v) is 2.68. The van der Waals surface area contributed by atoms with Crippen molar-refractivity contribution in [3.63, 3.8) is 0 Å². The summed E-state index contributed by atoms with van der Waals surface area (Å²) in [6.07, 6.45) is 4.34. The minimum atomic E-state index is -0.408. The van der Waals surface area contributed by atoms with Crippen LogP contribution in [0.25, 0.3) is 0 Å². The zero-order chi connectivity index (χ0) is 14.0. The topological polar surface area (TPSA) is 67.6 Å². The van der Waals surface area contributed by atoms with Crippen molar-refractivity contribution in [2.75, 3.05) is 13.1 Å². The predicted octanol–water partition coefficient (Wildman–Crippen LogP) is 1.47. The Kier molecular flexibility index (Phi) is 4.36. The zero-order valence-electron chi connectivity index (χ0n) is 12.3. The molecule has 1 heterocycles. The first-order valence-corrected chi connectivity index (χ1v) is 7.33. The molecule has 5 heteroatoms. The summed E-state index contributed by atoms with van der Waals surface area (Å²) in [5, 5.41) is 3.62. The Morgan fingerprint density at radius 1 is 1.16 bits per heavy atom. The number of likely N-dealkylation sites (tertiary alicyclic amines) is 1. The molecule has 0 atom stereocenters. The summed E-state index contributed by atoms with van der Waals surface area (Å²) in [5.41, 5.74) is 5.49. The van der Waals surface area contributed by atoms with Gasteiger partial charge in [0, 0.05) is 31.2 Å². The SMILES string of the molecule is CC(C)(C)OC(=O)N1CC(NC2CCC(N)CC2)C1. The zero-order valence-corrected chi connectivity index (χ0v) is 12.3. The van der Waals surface area contributed by atoms with E-state index in [1.165, 1.54) is 0 Å². The Morgan fingerprint density at radius 2 is 1.74 bits per heavy atom. The van der Waals surface area contributed by atoms with Crippen molar-refractivity contribution in [1.29, 1.82) is 0 Å². The fourth-order valence-electron chi connectivity index (χ4n) is 2.68. The molecule has 1 saturated heterocycles. The smallest absolute Gasteiger partial charge is 0.410 e. The maximum Gasteiger partial charge on any atom is 0.410 e. The van der Waals surface area contributed by atoms with Crippen LogP contribution >= 0.6 is 0 Å². The van der Waals surface area contributed by atoms with Gasteiger partial charge in [-0.05, 0) is 46.5 Å². The van der Waals surface area contributed by atoms with E-state index in [0.29, 0.717) is 18.1 Å². The average molecular weight is 269 g/mol. The highest BCUT2D eigenvalue weighted by molar-refractivity contribution is 5.69. The number of rotatable bonds is 2. The number of carbonyl (C=O) groups excluding carboxylic acids is 1. The predicted molar refractivity (Wildman–Crippen MR) is 75.0 cm³/mol. The molecule has 2 aliphatic rings. The van der Waals surface area contributed by atoms with Crippen LogP contribution in [0.15, 0.2) is 0 Å². The number of nitrogens with two attached hydrogens (primary N) is 1. The lowest BCUT2D eigenvalue weighted by molar-refractivity contribution is 0.00361. The van der Waals surface area contributed by atoms with E-state index in [1.807, 2.05) is 20.8 Å². The van der Waals surface area contributed by atoms with Crippen molar-refractivity contribution >= 4 is 6.09 Å². The van der Waals surface area contributed by atoms with E-state index in [0.717, 1.165) is 38.8 Å². The van der Waals surface area contributed by atoms with Gasteiger partial charge in [-0.2, -0.15) is 0 Å². The Labute approximate surface area is 115 Å². The molecule has 0 aromatic heterocycles. The number of hydrogen-bond acceptors (Lipinski definition) is 4. The van der Waals surface area contributed by atoms with E-state index in [9.17, 15) is 4.79 Å². The van der Waals surface area contributed by atoms with E-state index in [2.05, 4.69) is 5.32 Å². The molecule has 0 radical (unpaired) electrons. The van der Waals surface area contributed by atoms with Gasteiger partial charge in [0.2, 0.25) is 0 Å². The molecule has 2 rings (SSSR count). The van der Waals surface area contributed by atoms with Crippen LogP contribution in [0.4, 0.5) is 4.79 Å². The van der Waals surface area contributed by atoms with Crippen LogP contribution in [0, 0.1) is 0 Å². The molecule has 1 aliphatic carbocycles. The molecule has 0 spiro atoms. The standard InChI is InChI=1S/C14H27N3O2/c1-14(2,3)19-13(18)17-8-12(9-17)16-11-6-4-10(15)5-7-11/h10-12,16H,4-9,15H2,1-3H3. The molecule has 0 bridgehead atoms. The number of hydrogen-bond donors (Lipinski definition) is 2. The van der Waals surface area contributed by atoms with Gasteiger partial charge in [0.15, 0.2) is 0 Å². The van der Waals surface area contributed by atoms with Gasteiger partial charge < -0.3 is 20.7 Å². The second kappa shape index (κ2) is 5.67. The first-order valence-electron chi connectivity index (χ1n) is 7.33. The molecular formula is C14H27N3O2. The van der Waals surface area contributed by atoms with Crippen molar-refractivity contribution < 1.29 is 9.53 Å². The minimum absolute atomic E-state index is 0.198. The highest BCUT2D eigenvalue weighted by Gasteiger charge is 2.35. The maximum absolute atomic E-state index is 11.8. The Hall–Kier alpha value is -0.810. The number of amides is 1. The van der Waals surface area contributed by atoms with E-state index in [4.69, 9.17) is 10.5 Å². The summed E-state index contributed by atoms with van der Waals surface area (Å²) >= 11 is 0. The van der Waals surface area contributed by atoms with Crippen LogP contribution in [-0.4, -0.2) is 47.8 Å². The largest absolute Gasteiger partial charge is 0.444 e. The van der Waals surface area contributed by atoms with Gasteiger partial charge in [0.05, 0.1) is 0 Å². The third-order valence-electron chi connectivity index (χ3n) is 3.78. The van der Waals surface area contributed by atoms with E-state index < -0.39 is 5.60 Å². The van der Waals surface area contributed by atoms with Gasteiger partial charge in [0.1, 0.15) is 5.60 Å². The van der Waals surface area contributed by atoms with Crippen LogP contribution in [0.3, 0.4) is 0 Å². The summed E-state index contributed by atoms with van der Waals surface area (Å²) < 4.78 is 5.34. The number of nitrogens with one attached hydrogen (secondary N) is 1. The number of ether oxygens (including phenoxy) is 1. The molecule has 1 saturated carbocycles. The Bertz CT molecular complexity index is 313. The van der Waals surface area contributed by atoms with E-state index in [-0.39, 0.29) is 6.09 Å². The van der Waals surface area contributed by atoms with Gasteiger partial charge in [-0.1, -0.05) is 0 Å². The van der Waals surface area contributed by atoms with Gasteiger partial charge in [-0.15, -0.1) is 0 Å². The number of nitrogens with zero attached hydrogens (tertiary/aromatic N) is 1. The lowest BCUT2D eigenvalue weighted by Gasteiger charge is -2.42. The molecule has 19 heavy (non-hydrogen) atoms. The van der Waals surface area contributed by atoms with Gasteiger partial charge >= 0.3 is 6.09 Å². The number of carbonyl (C=O) groups is 1. The molecule has 3 N–H and O–H groups in total. The van der Waals surface area contributed by atoms with Crippen LogP contribution in [0.1, 0.15) is 46.5 Å². The molecule has 1 amide bonds. The lowest BCUT2D eigenvalue weighted by atomic mass is 9.91. The monoisotopic (exact) mass is 269 g/mol. The molecule has 0 unspecified atom stereocenters. The molecule has 110 valence electrons. The molecule has 0 aromatic carbocycles. The van der Waals surface area contributed by atoms with Crippen molar-refractivity contribution in [3.05, 3.63) is 0 Å². The van der Waals surface area contributed by atoms with Gasteiger partial charge in [-0.25, -0.2) is 4.79 Å². The Morgan fingerprint density at radius 3 is 2.26 bits per heavy atom. The first-order chi connectivity index (χ1) is 8.83. The molecule has 1 aliphatic heterocycles. The third-order valence-corrected chi connectivity index (χ3v) is 3.78.